The highest BCUT2D eigenvalue weighted by atomic mass is 127. The predicted octanol–water partition coefficient (Wildman–Crippen LogP) is 3.06. The summed E-state index contributed by atoms with van der Waals surface area (Å²) in [4.78, 5) is 0. The van der Waals surface area contributed by atoms with Crippen molar-refractivity contribution >= 4 is 38.5 Å². The highest BCUT2D eigenvalue weighted by molar-refractivity contribution is 14.1. The molecule has 0 spiro atoms. The Hall–Kier alpha value is -0.0800. The number of alkyl halides is 1. The molecule has 1 rings (SSSR count). The quantitative estimate of drug-likeness (QED) is 0.576. The van der Waals surface area contributed by atoms with Crippen LogP contribution in [0.4, 0.5) is 0 Å². The van der Waals surface area contributed by atoms with E-state index in [1.54, 1.807) is 0 Å². The van der Waals surface area contributed by atoms with E-state index in [0.717, 1.165) is 20.0 Å². The Balaban J connectivity index is 3.19. The summed E-state index contributed by atoms with van der Waals surface area (Å²) in [5.74, 6) is 0. The van der Waals surface area contributed by atoms with Crippen molar-refractivity contribution < 1.29 is 0 Å². The Labute approximate surface area is 87.7 Å². The summed E-state index contributed by atoms with van der Waals surface area (Å²) in [7, 11) is 0. The number of hydrogen-bond donors (Lipinski definition) is 0. The third kappa shape index (κ3) is 2.17. The molecule has 56 valence electrons. The zero-order valence-electron chi connectivity index (χ0n) is 5.64. The number of benzene rings is 1. The molecule has 0 bridgehead atoms. The topological polar surface area (TPSA) is 23.8 Å². The molecule has 0 saturated heterocycles. The predicted molar refractivity (Wildman–Crippen MR) is 56.5 cm³/mol. The zero-order valence-corrected chi connectivity index (χ0v) is 9.39. The monoisotopic (exact) mass is 321 g/mol. The van der Waals surface area contributed by atoms with Gasteiger partial charge in [0.05, 0.1) is 11.6 Å². The molecule has 11 heavy (non-hydrogen) atoms. The largest absolute Gasteiger partial charge is 0.192 e. The minimum absolute atomic E-state index is 0.743. The van der Waals surface area contributed by atoms with Gasteiger partial charge >= 0.3 is 0 Å². The van der Waals surface area contributed by atoms with E-state index < -0.39 is 0 Å². The first-order valence-electron chi connectivity index (χ1n) is 3.02. The van der Waals surface area contributed by atoms with E-state index in [2.05, 4.69) is 44.6 Å². The van der Waals surface area contributed by atoms with Crippen LogP contribution in [0.15, 0.2) is 18.2 Å². The molecule has 0 aliphatic heterocycles. The summed E-state index contributed by atoms with van der Waals surface area (Å²) < 4.78 is 1.10. The van der Waals surface area contributed by atoms with Gasteiger partial charge in [-0.2, -0.15) is 5.26 Å². The number of rotatable bonds is 1. The van der Waals surface area contributed by atoms with E-state index in [9.17, 15) is 0 Å². The summed E-state index contributed by atoms with van der Waals surface area (Å²) in [5.41, 5.74) is 1.81. The van der Waals surface area contributed by atoms with Crippen LogP contribution in [-0.2, 0) is 5.33 Å². The van der Waals surface area contributed by atoms with E-state index in [1.165, 1.54) is 0 Å². The molecule has 0 aromatic heterocycles. The molecule has 0 heterocycles. The lowest BCUT2D eigenvalue weighted by atomic mass is 10.1. The maximum atomic E-state index is 8.70. The average Bonchev–Trinajstić information content (AvgIpc) is 2.04. The molecule has 0 aliphatic rings. The molecule has 0 amide bonds. The summed E-state index contributed by atoms with van der Waals surface area (Å²) in [5, 5.41) is 9.44. The van der Waals surface area contributed by atoms with Gasteiger partial charge in [0, 0.05) is 8.90 Å². The molecule has 3 heteroatoms. The molecule has 0 radical (unpaired) electrons. The lowest BCUT2D eigenvalue weighted by molar-refractivity contribution is 1.36. The fourth-order valence-electron chi connectivity index (χ4n) is 0.769. The maximum absolute atomic E-state index is 8.70. The van der Waals surface area contributed by atoms with Gasteiger partial charge in [0.15, 0.2) is 0 Å². The molecule has 0 aliphatic carbocycles. The smallest absolute Gasteiger partial charge is 0.0995 e. The second kappa shape index (κ2) is 4.07. The zero-order chi connectivity index (χ0) is 8.27. The van der Waals surface area contributed by atoms with Crippen molar-refractivity contribution in [2.75, 3.05) is 0 Å². The molecule has 1 aromatic rings. The Kier molecular flexibility index (Phi) is 3.34. The van der Waals surface area contributed by atoms with Crippen molar-refractivity contribution in [3.05, 3.63) is 32.9 Å². The molecule has 1 nitrogen and oxygen atoms in total. The Morgan fingerprint density at radius 2 is 2.27 bits per heavy atom. The Morgan fingerprint density at radius 3 is 2.82 bits per heavy atom. The van der Waals surface area contributed by atoms with Gasteiger partial charge in [-0.3, -0.25) is 0 Å². The molecule has 0 N–H and O–H groups in total. The van der Waals surface area contributed by atoms with Crippen molar-refractivity contribution in [3.63, 3.8) is 0 Å². The van der Waals surface area contributed by atoms with Crippen molar-refractivity contribution in [1.82, 2.24) is 0 Å². The molecule has 1 aromatic carbocycles. The summed E-state index contributed by atoms with van der Waals surface area (Å²) in [6, 6.07) is 8.00. The highest BCUT2D eigenvalue weighted by Gasteiger charge is 1.99. The number of nitriles is 1. The second-order valence-corrected chi connectivity index (χ2v) is 3.85. The van der Waals surface area contributed by atoms with Crippen molar-refractivity contribution in [3.8, 4) is 6.07 Å². The first-order valence-corrected chi connectivity index (χ1v) is 5.22. The lowest BCUT2D eigenvalue weighted by Gasteiger charge is -1.98. The lowest BCUT2D eigenvalue weighted by Crippen LogP contribution is -1.85. The third-order valence-corrected chi connectivity index (χ3v) is 2.61. The van der Waals surface area contributed by atoms with Gasteiger partial charge in [0.2, 0.25) is 0 Å². The van der Waals surface area contributed by atoms with Crippen LogP contribution < -0.4 is 0 Å². The van der Waals surface area contributed by atoms with Crippen molar-refractivity contribution in [2.45, 2.75) is 5.33 Å². The van der Waals surface area contributed by atoms with Crippen LogP contribution in [0, 0.1) is 14.9 Å². The van der Waals surface area contributed by atoms with E-state index in [4.69, 9.17) is 5.26 Å². The van der Waals surface area contributed by atoms with Gasteiger partial charge < -0.3 is 0 Å². The van der Waals surface area contributed by atoms with Crippen LogP contribution in [0.2, 0.25) is 0 Å². The minimum atomic E-state index is 0.743. The summed E-state index contributed by atoms with van der Waals surface area (Å²) >= 11 is 5.52. The van der Waals surface area contributed by atoms with Crippen LogP contribution in [0.5, 0.6) is 0 Å². The van der Waals surface area contributed by atoms with E-state index >= 15 is 0 Å². The fraction of sp³-hybridized carbons (Fsp3) is 0.125. The fourth-order valence-corrected chi connectivity index (χ4v) is 1.75. The van der Waals surface area contributed by atoms with Gasteiger partial charge in [0.1, 0.15) is 0 Å². The maximum Gasteiger partial charge on any atom is 0.0995 e. The second-order valence-electron chi connectivity index (χ2n) is 2.05. The molecular formula is C8H5BrIN. The molecule has 0 atom stereocenters. The first-order chi connectivity index (χ1) is 5.27. The minimum Gasteiger partial charge on any atom is -0.192 e. The van der Waals surface area contributed by atoms with E-state index in [-0.39, 0.29) is 0 Å². The van der Waals surface area contributed by atoms with Crippen molar-refractivity contribution in [2.24, 2.45) is 0 Å². The van der Waals surface area contributed by atoms with Crippen LogP contribution in [0.1, 0.15) is 11.1 Å². The molecule has 0 unspecified atom stereocenters. The molecule has 0 saturated carbocycles. The van der Waals surface area contributed by atoms with Gasteiger partial charge in [-0.15, -0.1) is 0 Å². The SMILES string of the molecule is N#Cc1cc(I)ccc1CBr. The van der Waals surface area contributed by atoms with Gasteiger partial charge in [-0.1, -0.05) is 22.0 Å². The van der Waals surface area contributed by atoms with Crippen LogP contribution in [0.25, 0.3) is 0 Å². The Bertz CT molecular complexity index is 303. The number of nitrogens with zero attached hydrogens (tertiary/aromatic N) is 1. The van der Waals surface area contributed by atoms with Crippen LogP contribution >= 0.6 is 38.5 Å². The van der Waals surface area contributed by atoms with E-state index in [1.807, 2.05) is 18.2 Å². The van der Waals surface area contributed by atoms with Gasteiger partial charge in [0.25, 0.3) is 0 Å². The summed E-state index contributed by atoms with van der Waals surface area (Å²) in [6.07, 6.45) is 0. The highest BCUT2D eigenvalue weighted by Crippen LogP contribution is 2.15. The average molecular weight is 322 g/mol. The molecule has 0 fully saturated rings. The van der Waals surface area contributed by atoms with Gasteiger partial charge in [-0.05, 0) is 40.3 Å². The van der Waals surface area contributed by atoms with E-state index in [0.29, 0.717) is 0 Å². The van der Waals surface area contributed by atoms with Crippen LogP contribution in [0.3, 0.4) is 0 Å². The summed E-state index contributed by atoms with van der Waals surface area (Å²) in [6.45, 7) is 0. The van der Waals surface area contributed by atoms with Crippen LogP contribution in [-0.4, -0.2) is 0 Å². The third-order valence-electron chi connectivity index (χ3n) is 1.34. The normalized spacial score (nSPS) is 9.18. The van der Waals surface area contributed by atoms with Gasteiger partial charge in [-0.25, -0.2) is 0 Å². The Morgan fingerprint density at radius 1 is 1.55 bits per heavy atom. The first kappa shape index (κ1) is 9.01. The van der Waals surface area contributed by atoms with Crippen molar-refractivity contribution in [1.29, 1.82) is 5.26 Å². The number of hydrogen-bond acceptors (Lipinski definition) is 1. The molecular weight excluding hydrogens is 317 g/mol. The number of halogens is 2. The standard InChI is InChI=1S/C8H5BrIN/c9-4-6-1-2-8(10)3-7(6)5-11/h1-3H,4H2.